The van der Waals surface area contributed by atoms with Crippen molar-refractivity contribution in [2.75, 3.05) is 23.7 Å². The van der Waals surface area contributed by atoms with Crippen molar-refractivity contribution < 1.29 is 13.2 Å². The van der Waals surface area contributed by atoms with Crippen LogP contribution in [0.1, 0.15) is 38.3 Å². The highest BCUT2D eigenvalue weighted by molar-refractivity contribution is 9.10. The summed E-state index contributed by atoms with van der Waals surface area (Å²) in [6, 6.07) is 13.3. The molecule has 1 saturated heterocycles. The van der Waals surface area contributed by atoms with E-state index in [1.807, 2.05) is 49.4 Å². The molecule has 1 aliphatic rings. The Bertz CT molecular complexity index is 928. The fraction of sp³-hybridized carbons (Fsp3) is 0.455. The minimum atomic E-state index is -3.23. The standard InChI is InChI=1S/C22H28BrN3O3S/c1-2-3-16-30(28,29)25-14-11-18(12-15-25)22(27)26(17-20-6-4-5-13-24-20)21-9-7-19(23)8-10-21/h4-10,13,18H,2-3,11-12,14-17H2,1H3. The molecule has 0 spiro atoms. The molecule has 0 atom stereocenters. The second-order valence-electron chi connectivity index (χ2n) is 7.56. The summed E-state index contributed by atoms with van der Waals surface area (Å²) in [6.45, 7) is 3.18. The van der Waals surface area contributed by atoms with Crippen LogP contribution in [0.4, 0.5) is 5.69 Å². The van der Waals surface area contributed by atoms with Crippen LogP contribution in [0.2, 0.25) is 0 Å². The quantitative estimate of drug-likeness (QED) is 0.551. The topological polar surface area (TPSA) is 70.6 Å². The molecule has 2 heterocycles. The first kappa shape index (κ1) is 22.9. The number of aromatic nitrogens is 1. The van der Waals surface area contributed by atoms with Gasteiger partial charge in [0.1, 0.15) is 0 Å². The SMILES string of the molecule is CCCCS(=O)(=O)N1CCC(C(=O)N(Cc2ccccn2)c2ccc(Br)cc2)CC1. The zero-order valence-corrected chi connectivity index (χ0v) is 19.6. The Labute approximate surface area is 187 Å². The Hall–Kier alpha value is -1.77. The van der Waals surface area contributed by atoms with Crippen molar-refractivity contribution in [2.45, 2.75) is 39.2 Å². The maximum absolute atomic E-state index is 13.4. The van der Waals surface area contributed by atoms with Crippen LogP contribution in [0, 0.1) is 5.92 Å². The number of pyridine rings is 1. The summed E-state index contributed by atoms with van der Waals surface area (Å²) in [5.74, 6) is 0.0101. The van der Waals surface area contributed by atoms with Crippen molar-refractivity contribution in [3.8, 4) is 0 Å². The molecule has 1 aromatic carbocycles. The molecule has 0 aliphatic carbocycles. The molecule has 30 heavy (non-hydrogen) atoms. The van der Waals surface area contributed by atoms with E-state index in [-0.39, 0.29) is 17.6 Å². The molecule has 0 N–H and O–H groups in total. The number of halogens is 1. The van der Waals surface area contributed by atoms with Gasteiger partial charge in [0.05, 0.1) is 18.0 Å². The molecule has 1 fully saturated rings. The predicted octanol–water partition coefficient (Wildman–Crippen LogP) is 4.22. The molecule has 1 amide bonds. The summed E-state index contributed by atoms with van der Waals surface area (Å²) < 4.78 is 27.4. The fourth-order valence-corrected chi connectivity index (χ4v) is 5.57. The average molecular weight is 494 g/mol. The third kappa shape index (κ3) is 5.89. The Morgan fingerprint density at radius 2 is 1.87 bits per heavy atom. The van der Waals surface area contributed by atoms with Gasteiger partial charge in [-0.05, 0) is 55.7 Å². The number of sulfonamides is 1. The summed E-state index contributed by atoms with van der Waals surface area (Å²) in [7, 11) is -3.23. The summed E-state index contributed by atoms with van der Waals surface area (Å²) in [5, 5.41) is 0. The minimum absolute atomic E-state index is 0.0218. The van der Waals surface area contributed by atoms with Crippen LogP contribution in [0.3, 0.4) is 0 Å². The lowest BCUT2D eigenvalue weighted by Crippen LogP contribution is -2.45. The molecule has 1 aliphatic heterocycles. The first-order valence-corrected chi connectivity index (χ1v) is 12.8. The molecule has 8 heteroatoms. The summed E-state index contributed by atoms with van der Waals surface area (Å²) >= 11 is 3.44. The monoisotopic (exact) mass is 493 g/mol. The number of amides is 1. The lowest BCUT2D eigenvalue weighted by molar-refractivity contribution is -0.123. The van der Waals surface area contributed by atoms with E-state index in [1.54, 1.807) is 15.4 Å². The molecule has 0 unspecified atom stereocenters. The highest BCUT2D eigenvalue weighted by Gasteiger charge is 2.33. The van der Waals surface area contributed by atoms with E-state index < -0.39 is 10.0 Å². The van der Waals surface area contributed by atoms with Gasteiger partial charge in [0.25, 0.3) is 0 Å². The predicted molar refractivity (Wildman–Crippen MR) is 123 cm³/mol. The molecule has 3 rings (SSSR count). The molecule has 0 radical (unpaired) electrons. The number of benzene rings is 1. The zero-order chi connectivity index (χ0) is 21.6. The van der Waals surface area contributed by atoms with E-state index in [2.05, 4.69) is 20.9 Å². The number of rotatable bonds is 8. The van der Waals surface area contributed by atoms with Crippen LogP contribution in [0.25, 0.3) is 0 Å². The number of anilines is 1. The van der Waals surface area contributed by atoms with Crippen molar-refractivity contribution in [1.82, 2.24) is 9.29 Å². The Kier molecular flexibility index (Phi) is 8.02. The van der Waals surface area contributed by atoms with Gasteiger partial charge in [-0.15, -0.1) is 0 Å². The molecule has 0 saturated carbocycles. The van der Waals surface area contributed by atoms with Crippen LogP contribution in [0.15, 0.2) is 53.1 Å². The molecular weight excluding hydrogens is 466 g/mol. The highest BCUT2D eigenvalue weighted by atomic mass is 79.9. The number of piperidine rings is 1. The van der Waals surface area contributed by atoms with E-state index in [0.717, 1.165) is 22.3 Å². The average Bonchev–Trinajstić information content (AvgIpc) is 2.77. The Morgan fingerprint density at radius 3 is 2.47 bits per heavy atom. The van der Waals surface area contributed by atoms with Crippen LogP contribution < -0.4 is 4.90 Å². The lowest BCUT2D eigenvalue weighted by Gasteiger charge is -2.33. The van der Waals surface area contributed by atoms with Gasteiger partial charge in [0.2, 0.25) is 15.9 Å². The number of hydrogen-bond acceptors (Lipinski definition) is 4. The van der Waals surface area contributed by atoms with E-state index in [9.17, 15) is 13.2 Å². The van der Waals surface area contributed by atoms with Crippen molar-refractivity contribution in [3.63, 3.8) is 0 Å². The molecule has 0 bridgehead atoms. The number of nitrogens with zero attached hydrogens (tertiary/aromatic N) is 3. The van der Waals surface area contributed by atoms with Crippen molar-refractivity contribution >= 4 is 37.5 Å². The molecule has 162 valence electrons. The Balaban J connectivity index is 1.73. The molecule has 2 aromatic rings. The first-order valence-electron chi connectivity index (χ1n) is 10.4. The van der Waals surface area contributed by atoms with Gasteiger partial charge in [-0.3, -0.25) is 9.78 Å². The van der Waals surface area contributed by atoms with Crippen LogP contribution in [0.5, 0.6) is 0 Å². The van der Waals surface area contributed by atoms with Gasteiger partial charge >= 0.3 is 0 Å². The molecular formula is C22H28BrN3O3S. The summed E-state index contributed by atoms with van der Waals surface area (Å²) in [5.41, 5.74) is 1.63. The number of unbranched alkanes of at least 4 members (excludes halogenated alkanes) is 1. The normalized spacial score (nSPS) is 15.8. The minimum Gasteiger partial charge on any atom is -0.306 e. The number of carbonyl (C=O) groups excluding carboxylic acids is 1. The largest absolute Gasteiger partial charge is 0.306 e. The van der Waals surface area contributed by atoms with Gasteiger partial charge < -0.3 is 4.90 Å². The molecule has 1 aromatic heterocycles. The summed E-state index contributed by atoms with van der Waals surface area (Å²) in [6.07, 6.45) is 4.32. The van der Waals surface area contributed by atoms with Gasteiger partial charge in [0, 0.05) is 35.4 Å². The van der Waals surface area contributed by atoms with Gasteiger partial charge in [-0.1, -0.05) is 35.3 Å². The van der Waals surface area contributed by atoms with E-state index in [0.29, 0.717) is 38.9 Å². The zero-order valence-electron chi connectivity index (χ0n) is 17.2. The van der Waals surface area contributed by atoms with Crippen LogP contribution in [-0.2, 0) is 21.4 Å². The van der Waals surface area contributed by atoms with E-state index >= 15 is 0 Å². The van der Waals surface area contributed by atoms with Gasteiger partial charge in [0.15, 0.2) is 0 Å². The van der Waals surface area contributed by atoms with E-state index in [1.165, 1.54) is 0 Å². The number of carbonyl (C=O) groups is 1. The third-order valence-corrected chi connectivity index (χ3v) is 7.89. The second kappa shape index (κ2) is 10.5. The first-order chi connectivity index (χ1) is 14.4. The van der Waals surface area contributed by atoms with Crippen molar-refractivity contribution in [3.05, 3.63) is 58.8 Å². The number of hydrogen-bond donors (Lipinski definition) is 0. The van der Waals surface area contributed by atoms with Crippen LogP contribution >= 0.6 is 15.9 Å². The highest BCUT2D eigenvalue weighted by Crippen LogP contribution is 2.27. The maximum atomic E-state index is 13.4. The van der Waals surface area contributed by atoms with Gasteiger partial charge in [-0.2, -0.15) is 0 Å². The fourth-order valence-electron chi connectivity index (χ4n) is 3.63. The van der Waals surface area contributed by atoms with Crippen molar-refractivity contribution in [1.29, 1.82) is 0 Å². The van der Waals surface area contributed by atoms with Crippen molar-refractivity contribution in [2.24, 2.45) is 5.92 Å². The molecule has 6 nitrogen and oxygen atoms in total. The summed E-state index contributed by atoms with van der Waals surface area (Å²) in [4.78, 5) is 19.6. The second-order valence-corrected chi connectivity index (χ2v) is 10.6. The lowest BCUT2D eigenvalue weighted by atomic mass is 9.96. The van der Waals surface area contributed by atoms with Gasteiger partial charge in [-0.25, -0.2) is 12.7 Å². The smallest absolute Gasteiger partial charge is 0.230 e. The van der Waals surface area contributed by atoms with Crippen LogP contribution in [-0.4, -0.2) is 42.5 Å². The maximum Gasteiger partial charge on any atom is 0.230 e. The Morgan fingerprint density at radius 1 is 1.17 bits per heavy atom. The third-order valence-electron chi connectivity index (χ3n) is 5.40. The van der Waals surface area contributed by atoms with E-state index in [4.69, 9.17) is 0 Å².